The van der Waals surface area contributed by atoms with Crippen molar-refractivity contribution in [2.45, 2.75) is 12.2 Å². The molecule has 0 aliphatic heterocycles. The molecule has 0 radical (unpaired) electrons. The molecule has 2 unspecified atom stereocenters. The molecule has 0 aromatic heterocycles. The predicted octanol–water partition coefficient (Wildman–Crippen LogP) is -3.01. The van der Waals surface area contributed by atoms with Crippen LogP contribution in [0.15, 0.2) is 0 Å². The average molecular weight is 280 g/mol. The Kier molecular flexibility index (Phi) is 12.0. The van der Waals surface area contributed by atoms with Crippen molar-refractivity contribution in [1.82, 2.24) is 0 Å². The van der Waals surface area contributed by atoms with E-state index in [1.54, 1.807) is 0 Å². The molecular weight excluding hydrogens is 264 g/mol. The molecule has 6 N–H and O–H groups in total. The summed E-state index contributed by atoms with van der Waals surface area (Å²) in [6.45, 7) is -1.17. The first-order valence-corrected chi connectivity index (χ1v) is 5.62. The van der Waals surface area contributed by atoms with Crippen LogP contribution in [0.25, 0.3) is 0 Å². The molecule has 0 aliphatic rings. The molecule has 2 atom stereocenters. The van der Waals surface area contributed by atoms with Crippen molar-refractivity contribution in [3.8, 4) is 0 Å². The summed E-state index contributed by atoms with van der Waals surface area (Å²) in [6, 6.07) is 0. The van der Waals surface area contributed by atoms with Gasteiger partial charge in [-0.3, -0.25) is 9.11 Å². The van der Waals surface area contributed by atoms with Gasteiger partial charge in [0.05, 0.1) is 13.2 Å². The van der Waals surface area contributed by atoms with Crippen LogP contribution in [0.3, 0.4) is 0 Å². The van der Waals surface area contributed by atoms with Gasteiger partial charge < -0.3 is 20.4 Å². The van der Waals surface area contributed by atoms with Gasteiger partial charge in [-0.1, -0.05) is 0 Å². The maximum atomic E-state index is 8.74. The van der Waals surface area contributed by atoms with Crippen LogP contribution in [0, 0.1) is 0 Å². The molecule has 17 heavy (non-hydrogen) atoms. The summed E-state index contributed by atoms with van der Waals surface area (Å²) in [5, 5.41) is 34.1. The van der Waals surface area contributed by atoms with E-state index < -0.39 is 35.8 Å². The zero-order chi connectivity index (χ0) is 13.9. The largest absolute Gasteiger partial charge is 0.394 e. The van der Waals surface area contributed by atoms with Crippen molar-refractivity contribution >= 4 is 10.4 Å². The Labute approximate surface area is 97.5 Å². The molecular formula is C6H16O10S. The number of rotatable bonds is 7. The number of hydrogen-bond donors (Lipinski definition) is 6. The summed E-state index contributed by atoms with van der Waals surface area (Å²) >= 11 is 0. The van der Waals surface area contributed by atoms with Crippen LogP contribution in [0.2, 0.25) is 0 Å². The fourth-order valence-corrected chi connectivity index (χ4v) is 0.359. The SMILES string of the molecule is O=S(=O)(O)O.OCC(O)COOCC(O)CO. The minimum Gasteiger partial charge on any atom is -0.394 e. The van der Waals surface area contributed by atoms with Gasteiger partial charge in [0.25, 0.3) is 0 Å². The van der Waals surface area contributed by atoms with E-state index in [9.17, 15) is 0 Å². The average Bonchev–Trinajstić information content (AvgIpc) is 2.21. The van der Waals surface area contributed by atoms with Gasteiger partial charge in [0.2, 0.25) is 0 Å². The molecule has 0 aromatic carbocycles. The lowest BCUT2D eigenvalue weighted by Crippen LogP contribution is -2.23. The Morgan fingerprint density at radius 3 is 1.29 bits per heavy atom. The van der Waals surface area contributed by atoms with Gasteiger partial charge >= 0.3 is 10.4 Å². The molecule has 0 rings (SSSR count). The van der Waals surface area contributed by atoms with Crippen LogP contribution >= 0.6 is 0 Å². The Hall–Kier alpha value is -0.370. The van der Waals surface area contributed by atoms with Gasteiger partial charge in [0.15, 0.2) is 0 Å². The Bertz CT molecular complexity index is 232. The van der Waals surface area contributed by atoms with Gasteiger partial charge in [0, 0.05) is 0 Å². The van der Waals surface area contributed by atoms with Crippen molar-refractivity contribution in [3.63, 3.8) is 0 Å². The lowest BCUT2D eigenvalue weighted by atomic mass is 10.4. The third-order valence-corrected chi connectivity index (χ3v) is 1.03. The minimum absolute atomic E-state index is 0.172. The van der Waals surface area contributed by atoms with Crippen LogP contribution in [0.5, 0.6) is 0 Å². The molecule has 0 aromatic rings. The van der Waals surface area contributed by atoms with E-state index in [2.05, 4.69) is 9.78 Å². The molecule has 0 saturated carbocycles. The van der Waals surface area contributed by atoms with Gasteiger partial charge in [0.1, 0.15) is 25.4 Å². The second-order valence-electron chi connectivity index (χ2n) is 2.69. The smallest absolute Gasteiger partial charge is 0.394 e. The molecule has 0 amide bonds. The molecule has 0 spiro atoms. The van der Waals surface area contributed by atoms with Gasteiger partial charge in [-0.15, -0.1) is 0 Å². The lowest BCUT2D eigenvalue weighted by molar-refractivity contribution is -0.316. The Morgan fingerprint density at radius 2 is 1.12 bits per heavy atom. The van der Waals surface area contributed by atoms with E-state index in [-0.39, 0.29) is 13.2 Å². The maximum absolute atomic E-state index is 8.74. The summed E-state index contributed by atoms with van der Waals surface area (Å²) in [4.78, 5) is 8.76. The highest BCUT2D eigenvalue weighted by molar-refractivity contribution is 7.79. The van der Waals surface area contributed by atoms with Crippen molar-refractivity contribution in [1.29, 1.82) is 0 Å². The van der Waals surface area contributed by atoms with Gasteiger partial charge in [-0.2, -0.15) is 8.42 Å². The van der Waals surface area contributed by atoms with E-state index in [0.29, 0.717) is 0 Å². The molecule has 0 bridgehead atoms. The summed E-state index contributed by atoms with van der Waals surface area (Å²) < 4.78 is 31.6. The van der Waals surface area contributed by atoms with Crippen molar-refractivity contribution in [2.75, 3.05) is 26.4 Å². The van der Waals surface area contributed by atoms with E-state index >= 15 is 0 Å². The fraction of sp³-hybridized carbons (Fsp3) is 1.00. The maximum Gasteiger partial charge on any atom is 0.394 e. The summed E-state index contributed by atoms with van der Waals surface area (Å²) in [5.41, 5.74) is 0. The van der Waals surface area contributed by atoms with Crippen LogP contribution in [-0.4, -0.2) is 76.6 Å². The molecule has 10 nitrogen and oxygen atoms in total. The van der Waals surface area contributed by atoms with Crippen molar-refractivity contribution in [3.05, 3.63) is 0 Å². The third-order valence-electron chi connectivity index (χ3n) is 1.03. The van der Waals surface area contributed by atoms with E-state index in [0.717, 1.165) is 0 Å². The number of hydrogen-bond acceptors (Lipinski definition) is 8. The summed E-state index contributed by atoms with van der Waals surface area (Å²) in [7, 11) is -4.67. The minimum atomic E-state index is -4.67. The molecule has 11 heteroatoms. The van der Waals surface area contributed by atoms with E-state index in [1.807, 2.05) is 0 Å². The highest BCUT2D eigenvalue weighted by atomic mass is 32.3. The van der Waals surface area contributed by atoms with Crippen LogP contribution < -0.4 is 0 Å². The third kappa shape index (κ3) is 25.7. The van der Waals surface area contributed by atoms with Crippen LogP contribution in [0.1, 0.15) is 0 Å². The lowest BCUT2D eigenvalue weighted by Gasteiger charge is -2.09. The zero-order valence-electron chi connectivity index (χ0n) is 8.71. The topological polar surface area (TPSA) is 174 Å². The van der Waals surface area contributed by atoms with Crippen LogP contribution in [-0.2, 0) is 20.2 Å². The summed E-state index contributed by atoms with van der Waals surface area (Å²) in [5.74, 6) is 0. The number of aliphatic hydroxyl groups is 4. The van der Waals surface area contributed by atoms with Gasteiger partial charge in [-0.25, -0.2) is 9.78 Å². The van der Waals surface area contributed by atoms with E-state index in [1.165, 1.54) is 0 Å². The standard InChI is InChI=1S/C6H14O6.H2O4S/c7-1-5(9)3-11-12-4-6(10)2-8;1-5(2,3)4/h5-10H,1-4H2;(H2,1,2,3,4). The summed E-state index contributed by atoms with van der Waals surface area (Å²) in [6.07, 6.45) is -1.98. The first-order chi connectivity index (χ1) is 7.70. The highest BCUT2D eigenvalue weighted by Gasteiger charge is 2.04. The predicted molar refractivity (Wildman–Crippen MR) is 52.3 cm³/mol. The highest BCUT2D eigenvalue weighted by Crippen LogP contribution is 1.88. The van der Waals surface area contributed by atoms with E-state index in [4.69, 9.17) is 37.9 Å². The van der Waals surface area contributed by atoms with Crippen LogP contribution in [0.4, 0.5) is 0 Å². The van der Waals surface area contributed by atoms with Crippen molar-refractivity contribution in [2.24, 2.45) is 0 Å². The van der Waals surface area contributed by atoms with Gasteiger partial charge in [-0.05, 0) is 0 Å². The zero-order valence-corrected chi connectivity index (χ0v) is 9.52. The molecule has 0 aliphatic carbocycles. The first kappa shape index (κ1) is 19.0. The Balaban J connectivity index is 0. The molecule has 0 fully saturated rings. The number of aliphatic hydroxyl groups excluding tert-OH is 4. The fourth-order valence-electron chi connectivity index (χ4n) is 0.359. The monoisotopic (exact) mass is 280 g/mol. The first-order valence-electron chi connectivity index (χ1n) is 4.22. The molecule has 0 saturated heterocycles. The second kappa shape index (κ2) is 10.8. The Morgan fingerprint density at radius 1 is 0.882 bits per heavy atom. The molecule has 0 heterocycles. The quantitative estimate of drug-likeness (QED) is 0.122. The second-order valence-corrected chi connectivity index (χ2v) is 3.59. The normalized spacial score (nSPS) is 14.7. The van der Waals surface area contributed by atoms with Crippen molar-refractivity contribution < 1.29 is 47.7 Å². The molecule has 106 valence electrons.